The van der Waals surface area contributed by atoms with Crippen molar-refractivity contribution < 1.29 is 0 Å². The Morgan fingerprint density at radius 3 is 2.48 bits per heavy atom. The summed E-state index contributed by atoms with van der Waals surface area (Å²) >= 11 is 5.16. The lowest BCUT2D eigenvalue weighted by atomic mass is 10.0. The van der Waals surface area contributed by atoms with E-state index < -0.39 is 0 Å². The van der Waals surface area contributed by atoms with Gasteiger partial charge in [0.2, 0.25) is 0 Å². The molecule has 2 aromatic carbocycles. The van der Waals surface area contributed by atoms with Crippen LogP contribution in [0, 0.1) is 0 Å². The van der Waals surface area contributed by atoms with Gasteiger partial charge >= 0.3 is 0 Å². The van der Waals surface area contributed by atoms with Gasteiger partial charge in [-0.3, -0.25) is 0 Å². The second-order valence-electron chi connectivity index (χ2n) is 5.79. The summed E-state index contributed by atoms with van der Waals surface area (Å²) in [6, 6.07) is 13.0. The molecular formula is C17H21N3S. The van der Waals surface area contributed by atoms with E-state index in [2.05, 4.69) is 41.5 Å². The number of benzene rings is 2. The fourth-order valence-corrected chi connectivity index (χ4v) is 3.19. The van der Waals surface area contributed by atoms with E-state index in [4.69, 9.17) is 18.0 Å². The smallest absolute Gasteiger partial charge is 0.104 e. The Morgan fingerprint density at radius 1 is 1.14 bits per heavy atom. The minimum Gasteiger partial charge on any atom is -0.389 e. The zero-order valence-corrected chi connectivity index (χ0v) is 13.1. The number of likely N-dealkylation sites (tertiary alicyclic amines) is 1. The molecule has 0 atom stereocenters. The zero-order valence-electron chi connectivity index (χ0n) is 12.3. The third-order valence-corrected chi connectivity index (χ3v) is 4.49. The first kappa shape index (κ1) is 14.3. The van der Waals surface area contributed by atoms with E-state index in [1.807, 2.05) is 12.1 Å². The average Bonchev–Trinajstić information content (AvgIpc) is 2.49. The van der Waals surface area contributed by atoms with Crippen molar-refractivity contribution in [2.45, 2.75) is 18.9 Å². The van der Waals surface area contributed by atoms with Crippen LogP contribution in [-0.2, 0) is 0 Å². The van der Waals surface area contributed by atoms with E-state index in [0.29, 0.717) is 11.0 Å². The topological polar surface area (TPSA) is 41.3 Å². The number of hydrogen-bond donors (Lipinski definition) is 2. The second-order valence-corrected chi connectivity index (χ2v) is 6.23. The molecule has 0 bridgehead atoms. The first-order valence-electron chi connectivity index (χ1n) is 7.42. The first-order chi connectivity index (χ1) is 10.1. The van der Waals surface area contributed by atoms with Gasteiger partial charge in [0, 0.05) is 22.7 Å². The Morgan fingerprint density at radius 2 is 1.81 bits per heavy atom. The molecule has 1 aliphatic rings. The summed E-state index contributed by atoms with van der Waals surface area (Å²) < 4.78 is 0. The van der Waals surface area contributed by atoms with Crippen molar-refractivity contribution in [3.8, 4) is 0 Å². The van der Waals surface area contributed by atoms with E-state index in [1.54, 1.807) is 0 Å². The van der Waals surface area contributed by atoms with E-state index in [9.17, 15) is 0 Å². The summed E-state index contributed by atoms with van der Waals surface area (Å²) in [6.07, 6.45) is 2.36. The summed E-state index contributed by atoms with van der Waals surface area (Å²) in [5.41, 5.74) is 7.97. The number of thiocarbonyl (C=S) groups is 1. The molecule has 2 aromatic rings. The summed E-state index contributed by atoms with van der Waals surface area (Å²) in [7, 11) is 2.18. The molecule has 0 aromatic heterocycles. The van der Waals surface area contributed by atoms with Crippen LogP contribution in [0.3, 0.4) is 0 Å². The van der Waals surface area contributed by atoms with Gasteiger partial charge in [-0.05, 0) is 50.5 Å². The van der Waals surface area contributed by atoms with Crippen molar-refractivity contribution in [2.24, 2.45) is 5.73 Å². The lowest BCUT2D eigenvalue weighted by Gasteiger charge is -2.30. The molecule has 0 amide bonds. The molecule has 3 rings (SSSR count). The number of fused-ring (bicyclic) bond motifs is 1. The fraction of sp³-hybridized carbons (Fsp3) is 0.353. The van der Waals surface area contributed by atoms with Gasteiger partial charge in [0.05, 0.1) is 0 Å². The Labute approximate surface area is 131 Å². The minimum absolute atomic E-state index is 0.456. The Kier molecular flexibility index (Phi) is 4.08. The molecule has 0 radical (unpaired) electrons. The van der Waals surface area contributed by atoms with Crippen molar-refractivity contribution in [1.82, 2.24) is 4.90 Å². The molecule has 110 valence electrons. The lowest BCUT2D eigenvalue weighted by Crippen LogP contribution is -2.36. The van der Waals surface area contributed by atoms with Crippen LogP contribution in [0.4, 0.5) is 5.69 Å². The van der Waals surface area contributed by atoms with Gasteiger partial charge in [-0.25, -0.2) is 0 Å². The molecule has 1 saturated heterocycles. The van der Waals surface area contributed by atoms with Crippen LogP contribution >= 0.6 is 12.2 Å². The van der Waals surface area contributed by atoms with Gasteiger partial charge in [-0.1, -0.05) is 36.5 Å². The molecule has 0 unspecified atom stereocenters. The molecule has 4 heteroatoms. The van der Waals surface area contributed by atoms with E-state index in [1.165, 1.54) is 23.9 Å². The fourth-order valence-electron chi connectivity index (χ4n) is 3.01. The Hall–Kier alpha value is -1.65. The van der Waals surface area contributed by atoms with Crippen LogP contribution in [0.1, 0.15) is 18.4 Å². The molecule has 3 N–H and O–H groups in total. The minimum atomic E-state index is 0.456. The van der Waals surface area contributed by atoms with Gasteiger partial charge in [-0.15, -0.1) is 0 Å². The summed E-state index contributed by atoms with van der Waals surface area (Å²) in [6.45, 7) is 2.31. The third-order valence-electron chi connectivity index (χ3n) is 4.27. The van der Waals surface area contributed by atoms with Gasteiger partial charge in [0.15, 0.2) is 0 Å². The molecule has 1 fully saturated rings. The summed E-state index contributed by atoms with van der Waals surface area (Å²) in [5, 5.41) is 6.02. The molecule has 0 spiro atoms. The van der Waals surface area contributed by atoms with Crippen LogP contribution in [0.2, 0.25) is 0 Å². The maximum Gasteiger partial charge on any atom is 0.104 e. The lowest BCUT2D eigenvalue weighted by molar-refractivity contribution is 0.264. The number of piperidine rings is 1. The third kappa shape index (κ3) is 3.01. The highest BCUT2D eigenvalue weighted by Gasteiger charge is 2.17. The average molecular weight is 299 g/mol. The van der Waals surface area contributed by atoms with Crippen LogP contribution in [0.25, 0.3) is 10.8 Å². The van der Waals surface area contributed by atoms with Crippen molar-refractivity contribution in [2.75, 3.05) is 25.5 Å². The Bertz CT molecular complexity index is 660. The highest BCUT2D eigenvalue weighted by Crippen LogP contribution is 2.28. The molecule has 0 saturated carbocycles. The second kappa shape index (κ2) is 6.00. The molecule has 0 aliphatic carbocycles. The van der Waals surface area contributed by atoms with Gasteiger partial charge in [0.1, 0.15) is 4.99 Å². The normalized spacial score (nSPS) is 17.0. The number of anilines is 1. The maximum atomic E-state index is 5.83. The first-order valence-corrected chi connectivity index (χ1v) is 7.82. The predicted molar refractivity (Wildman–Crippen MR) is 94.0 cm³/mol. The predicted octanol–water partition coefficient (Wildman–Crippen LogP) is 2.98. The van der Waals surface area contributed by atoms with E-state index >= 15 is 0 Å². The number of nitrogens with one attached hydrogen (secondary N) is 1. The summed E-state index contributed by atoms with van der Waals surface area (Å²) in [5.74, 6) is 0. The van der Waals surface area contributed by atoms with Crippen molar-refractivity contribution in [3.63, 3.8) is 0 Å². The molecular weight excluding hydrogens is 278 g/mol. The highest BCUT2D eigenvalue weighted by molar-refractivity contribution is 7.80. The zero-order chi connectivity index (χ0) is 14.8. The largest absolute Gasteiger partial charge is 0.389 e. The van der Waals surface area contributed by atoms with E-state index in [-0.39, 0.29) is 0 Å². The number of nitrogens with two attached hydrogens (primary N) is 1. The van der Waals surface area contributed by atoms with Crippen LogP contribution in [-0.4, -0.2) is 36.1 Å². The molecule has 21 heavy (non-hydrogen) atoms. The summed E-state index contributed by atoms with van der Waals surface area (Å²) in [4.78, 5) is 2.84. The van der Waals surface area contributed by atoms with Crippen molar-refractivity contribution in [1.29, 1.82) is 0 Å². The van der Waals surface area contributed by atoms with Crippen LogP contribution in [0.5, 0.6) is 0 Å². The number of nitrogens with zero attached hydrogens (tertiary/aromatic N) is 1. The highest BCUT2D eigenvalue weighted by atomic mass is 32.1. The van der Waals surface area contributed by atoms with Crippen LogP contribution < -0.4 is 11.1 Å². The number of hydrogen-bond acceptors (Lipinski definition) is 3. The maximum absolute atomic E-state index is 5.83. The van der Waals surface area contributed by atoms with Crippen molar-refractivity contribution in [3.05, 3.63) is 42.0 Å². The van der Waals surface area contributed by atoms with Crippen molar-refractivity contribution >= 4 is 33.7 Å². The molecule has 1 aliphatic heterocycles. The van der Waals surface area contributed by atoms with Gasteiger partial charge < -0.3 is 16.0 Å². The van der Waals surface area contributed by atoms with Gasteiger partial charge in [0.25, 0.3) is 0 Å². The quantitative estimate of drug-likeness (QED) is 0.855. The Balaban J connectivity index is 1.93. The number of rotatable bonds is 3. The SMILES string of the molecule is CN1CCC(Nc2ccc(C(N)=S)c3ccccc23)CC1. The molecule has 1 heterocycles. The van der Waals surface area contributed by atoms with Gasteiger partial charge in [-0.2, -0.15) is 0 Å². The molecule has 3 nitrogen and oxygen atoms in total. The van der Waals surface area contributed by atoms with Crippen LogP contribution in [0.15, 0.2) is 36.4 Å². The van der Waals surface area contributed by atoms with E-state index in [0.717, 1.165) is 24.0 Å². The standard InChI is InChI=1S/C17H21N3S/c1-20-10-8-12(9-11-20)19-16-7-6-15(17(18)21)13-4-2-3-5-14(13)16/h2-7,12,19H,8-11H2,1H3,(H2,18,21). The monoisotopic (exact) mass is 299 g/mol.